The number of hydrogen-bond donors (Lipinski definition) is 2. The van der Waals surface area contributed by atoms with E-state index in [4.69, 9.17) is 15.2 Å². The van der Waals surface area contributed by atoms with Crippen molar-refractivity contribution >= 4 is 5.91 Å². The monoisotopic (exact) mass is 232 g/mol. The van der Waals surface area contributed by atoms with Crippen molar-refractivity contribution in [1.29, 1.82) is 0 Å². The van der Waals surface area contributed by atoms with Gasteiger partial charge < -0.3 is 20.5 Å². The fraction of sp³-hybridized carbons (Fsp3) is 0.909. The number of carbonyl (C=O) groups is 1. The molecule has 3 N–H and O–H groups in total. The van der Waals surface area contributed by atoms with Crippen molar-refractivity contribution in [3.05, 3.63) is 0 Å². The Morgan fingerprint density at radius 3 is 2.62 bits per heavy atom. The number of likely N-dealkylation sites (N-methyl/N-ethyl adjacent to an activating group) is 1. The molecule has 5 heteroatoms. The van der Waals surface area contributed by atoms with Crippen molar-refractivity contribution in [2.45, 2.75) is 38.8 Å². The van der Waals surface area contributed by atoms with Gasteiger partial charge in [0.05, 0.1) is 18.2 Å². The van der Waals surface area contributed by atoms with Crippen molar-refractivity contribution in [3.63, 3.8) is 0 Å². The largest absolute Gasteiger partial charge is 0.379 e. The van der Waals surface area contributed by atoms with Crippen LogP contribution in [0.4, 0.5) is 0 Å². The van der Waals surface area contributed by atoms with Gasteiger partial charge in [0.2, 0.25) is 5.91 Å². The highest BCUT2D eigenvalue weighted by atomic mass is 16.5. The van der Waals surface area contributed by atoms with Gasteiger partial charge in [-0.25, -0.2) is 0 Å². The second-order valence-corrected chi connectivity index (χ2v) is 4.04. The van der Waals surface area contributed by atoms with Crippen molar-refractivity contribution in [3.8, 4) is 0 Å². The molecular formula is C11H24N2O3. The van der Waals surface area contributed by atoms with Crippen LogP contribution < -0.4 is 11.1 Å². The topological polar surface area (TPSA) is 73.6 Å². The third-order valence-electron chi connectivity index (χ3n) is 2.66. The lowest BCUT2D eigenvalue weighted by Crippen LogP contribution is -2.52. The summed E-state index contributed by atoms with van der Waals surface area (Å²) in [4.78, 5) is 11.2. The average Bonchev–Trinajstić information content (AvgIpc) is 2.25. The first-order valence-electron chi connectivity index (χ1n) is 5.64. The van der Waals surface area contributed by atoms with E-state index in [1.165, 1.54) is 0 Å². The molecule has 0 rings (SSSR count). The quantitative estimate of drug-likeness (QED) is 0.599. The van der Waals surface area contributed by atoms with Gasteiger partial charge in [0.25, 0.3) is 0 Å². The van der Waals surface area contributed by atoms with Crippen LogP contribution in [0, 0.1) is 0 Å². The predicted molar refractivity (Wildman–Crippen MR) is 63.2 cm³/mol. The first kappa shape index (κ1) is 15.3. The Kier molecular flexibility index (Phi) is 7.29. The predicted octanol–water partition coefficient (Wildman–Crippen LogP) is 0.282. The highest BCUT2D eigenvalue weighted by molar-refractivity contribution is 5.84. The summed E-state index contributed by atoms with van der Waals surface area (Å²) in [6.45, 7) is 7.39. The Bertz CT molecular complexity index is 211. The molecule has 0 saturated heterocycles. The Morgan fingerprint density at radius 2 is 2.19 bits per heavy atom. The number of nitrogens with one attached hydrogen (secondary N) is 1. The maximum atomic E-state index is 11.2. The Labute approximate surface area is 97.7 Å². The minimum absolute atomic E-state index is 0.0360. The van der Waals surface area contributed by atoms with Gasteiger partial charge in [-0.15, -0.1) is 0 Å². The summed E-state index contributed by atoms with van der Waals surface area (Å²) in [7, 11) is 1.72. The standard InChI is InChI=1S/C11H24N2O3/c1-5-15-8-9(2)16-7-6-11(3,13-4)10(12)14/h9,13H,5-8H2,1-4H3,(H2,12,14). The molecule has 5 nitrogen and oxygen atoms in total. The Balaban J connectivity index is 3.82. The molecule has 0 spiro atoms. The summed E-state index contributed by atoms with van der Waals surface area (Å²) < 4.78 is 10.7. The molecule has 0 heterocycles. The number of ether oxygens (including phenoxy) is 2. The molecule has 0 saturated carbocycles. The number of carbonyl (C=O) groups excluding carboxylic acids is 1. The molecule has 0 bridgehead atoms. The van der Waals surface area contributed by atoms with Crippen LogP contribution in [0.3, 0.4) is 0 Å². The van der Waals surface area contributed by atoms with Crippen molar-refractivity contribution < 1.29 is 14.3 Å². The molecule has 0 aromatic carbocycles. The number of rotatable bonds is 9. The second kappa shape index (κ2) is 7.60. The van der Waals surface area contributed by atoms with Gasteiger partial charge in [-0.3, -0.25) is 4.79 Å². The molecule has 0 aromatic rings. The molecule has 0 radical (unpaired) electrons. The summed E-state index contributed by atoms with van der Waals surface area (Å²) in [6.07, 6.45) is 0.587. The van der Waals surface area contributed by atoms with Crippen LogP contribution in [0.15, 0.2) is 0 Å². The number of primary amides is 1. The van der Waals surface area contributed by atoms with Crippen molar-refractivity contribution in [1.82, 2.24) is 5.32 Å². The van der Waals surface area contributed by atoms with E-state index in [0.29, 0.717) is 26.2 Å². The van der Waals surface area contributed by atoms with Gasteiger partial charge >= 0.3 is 0 Å². The molecule has 2 unspecified atom stereocenters. The van der Waals surface area contributed by atoms with Crippen LogP contribution >= 0.6 is 0 Å². The molecule has 0 aromatic heterocycles. The summed E-state index contributed by atoms with van der Waals surface area (Å²) in [6, 6.07) is 0. The van der Waals surface area contributed by atoms with Gasteiger partial charge in [-0.05, 0) is 34.2 Å². The summed E-state index contributed by atoms with van der Waals surface area (Å²) >= 11 is 0. The highest BCUT2D eigenvalue weighted by Gasteiger charge is 2.28. The third-order valence-corrected chi connectivity index (χ3v) is 2.66. The molecule has 0 aliphatic heterocycles. The lowest BCUT2D eigenvalue weighted by atomic mass is 9.98. The van der Waals surface area contributed by atoms with Gasteiger partial charge in [0.15, 0.2) is 0 Å². The maximum Gasteiger partial charge on any atom is 0.237 e. The molecule has 96 valence electrons. The molecule has 16 heavy (non-hydrogen) atoms. The minimum atomic E-state index is -0.703. The average molecular weight is 232 g/mol. The first-order valence-corrected chi connectivity index (χ1v) is 5.64. The van der Waals surface area contributed by atoms with Crippen molar-refractivity contribution in [2.75, 3.05) is 26.9 Å². The van der Waals surface area contributed by atoms with Crippen LogP contribution in [0.5, 0.6) is 0 Å². The zero-order chi connectivity index (χ0) is 12.6. The number of amides is 1. The van der Waals surface area contributed by atoms with Crippen LogP contribution in [0.1, 0.15) is 27.2 Å². The molecule has 0 fully saturated rings. The normalized spacial score (nSPS) is 16.8. The maximum absolute atomic E-state index is 11.2. The smallest absolute Gasteiger partial charge is 0.237 e. The Morgan fingerprint density at radius 1 is 1.56 bits per heavy atom. The van der Waals surface area contributed by atoms with E-state index in [1.807, 2.05) is 13.8 Å². The number of hydrogen-bond acceptors (Lipinski definition) is 4. The molecule has 0 aliphatic rings. The number of nitrogens with two attached hydrogens (primary N) is 1. The van der Waals surface area contributed by atoms with E-state index < -0.39 is 5.54 Å². The van der Waals surface area contributed by atoms with Gasteiger partial charge in [0.1, 0.15) is 0 Å². The molecule has 2 atom stereocenters. The van der Waals surface area contributed by atoms with E-state index in [0.717, 1.165) is 0 Å². The lowest BCUT2D eigenvalue weighted by molar-refractivity contribution is -0.124. The summed E-state index contributed by atoms with van der Waals surface area (Å²) in [5.41, 5.74) is 4.59. The first-order chi connectivity index (χ1) is 7.46. The highest BCUT2D eigenvalue weighted by Crippen LogP contribution is 2.09. The fourth-order valence-corrected chi connectivity index (χ4v) is 1.17. The third kappa shape index (κ3) is 5.44. The van der Waals surface area contributed by atoms with Crippen molar-refractivity contribution in [2.24, 2.45) is 5.73 Å². The summed E-state index contributed by atoms with van der Waals surface area (Å²) in [5, 5.41) is 2.91. The van der Waals surface area contributed by atoms with Crippen LogP contribution in [0.2, 0.25) is 0 Å². The summed E-state index contributed by atoms with van der Waals surface area (Å²) in [5.74, 6) is -0.365. The minimum Gasteiger partial charge on any atom is -0.379 e. The lowest BCUT2D eigenvalue weighted by Gasteiger charge is -2.26. The van der Waals surface area contributed by atoms with E-state index in [-0.39, 0.29) is 12.0 Å². The second-order valence-electron chi connectivity index (χ2n) is 4.04. The van der Waals surface area contributed by atoms with Crippen LogP contribution in [-0.2, 0) is 14.3 Å². The molecule has 1 amide bonds. The van der Waals surface area contributed by atoms with E-state index in [1.54, 1.807) is 14.0 Å². The van der Waals surface area contributed by atoms with E-state index in [9.17, 15) is 4.79 Å². The zero-order valence-corrected chi connectivity index (χ0v) is 10.7. The molecule has 0 aliphatic carbocycles. The van der Waals surface area contributed by atoms with Gasteiger partial charge in [-0.2, -0.15) is 0 Å². The van der Waals surface area contributed by atoms with E-state index in [2.05, 4.69) is 5.32 Å². The zero-order valence-electron chi connectivity index (χ0n) is 10.7. The van der Waals surface area contributed by atoms with Gasteiger partial charge in [0, 0.05) is 13.2 Å². The SMILES string of the molecule is CCOCC(C)OCCC(C)(NC)C(N)=O. The molecular weight excluding hydrogens is 208 g/mol. The van der Waals surface area contributed by atoms with Crippen LogP contribution in [0.25, 0.3) is 0 Å². The van der Waals surface area contributed by atoms with Crippen LogP contribution in [-0.4, -0.2) is 44.4 Å². The van der Waals surface area contributed by atoms with Gasteiger partial charge in [-0.1, -0.05) is 0 Å². The Hall–Kier alpha value is -0.650. The fourth-order valence-electron chi connectivity index (χ4n) is 1.17. The van der Waals surface area contributed by atoms with E-state index >= 15 is 0 Å².